The maximum atomic E-state index is 13.2. The van der Waals surface area contributed by atoms with Crippen LogP contribution in [0.15, 0.2) is 35.4 Å². The van der Waals surface area contributed by atoms with Crippen molar-refractivity contribution in [3.8, 4) is 0 Å². The fraction of sp³-hybridized carbons (Fsp3) is 0.211. The van der Waals surface area contributed by atoms with Gasteiger partial charge in [-0.15, -0.1) is 11.3 Å². The van der Waals surface area contributed by atoms with Crippen LogP contribution in [-0.2, 0) is 29.5 Å². The number of benzene rings is 1. The third-order valence-electron chi connectivity index (χ3n) is 4.99. The maximum absolute atomic E-state index is 13.2. The van der Waals surface area contributed by atoms with Gasteiger partial charge in [0.1, 0.15) is 10.5 Å². The van der Waals surface area contributed by atoms with Gasteiger partial charge in [0.2, 0.25) is 0 Å². The molecule has 0 spiro atoms. The van der Waals surface area contributed by atoms with E-state index in [0.717, 1.165) is 26.6 Å². The van der Waals surface area contributed by atoms with Gasteiger partial charge in [-0.1, -0.05) is 12.1 Å². The van der Waals surface area contributed by atoms with Crippen LogP contribution in [0.1, 0.15) is 10.6 Å². The number of aromatic nitrogens is 6. The van der Waals surface area contributed by atoms with E-state index in [1.54, 1.807) is 24.0 Å². The van der Waals surface area contributed by atoms with Crippen LogP contribution in [0.4, 0.5) is 0 Å². The van der Waals surface area contributed by atoms with E-state index in [1.165, 1.54) is 23.1 Å². The predicted molar refractivity (Wildman–Crippen MR) is 109 cm³/mol. The Morgan fingerprint density at radius 2 is 2.14 bits per heavy atom. The zero-order valence-electron chi connectivity index (χ0n) is 15.7. The number of carbonyl (C=O) groups is 1. The van der Waals surface area contributed by atoms with Crippen LogP contribution in [0.2, 0.25) is 0 Å². The van der Waals surface area contributed by atoms with Gasteiger partial charge in [-0.25, -0.2) is 9.67 Å². The lowest BCUT2D eigenvalue weighted by atomic mass is 10.1. The summed E-state index contributed by atoms with van der Waals surface area (Å²) in [6.45, 7) is 0.339. The molecule has 29 heavy (non-hydrogen) atoms. The lowest BCUT2D eigenvalue weighted by Gasteiger charge is -2.07. The molecule has 0 atom stereocenters. The van der Waals surface area contributed by atoms with E-state index in [-0.39, 0.29) is 17.9 Å². The molecule has 0 amide bonds. The predicted octanol–water partition coefficient (Wildman–Crippen LogP) is 1.98. The van der Waals surface area contributed by atoms with E-state index in [0.29, 0.717) is 22.7 Å². The smallest absolute Gasteiger partial charge is 0.312 e. The zero-order valence-corrected chi connectivity index (χ0v) is 16.5. The van der Waals surface area contributed by atoms with Crippen LogP contribution in [0.3, 0.4) is 0 Å². The minimum absolute atomic E-state index is 0.108. The summed E-state index contributed by atoms with van der Waals surface area (Å²) in [6.07, 6.45) is 3.55. The number of aryl methyl sites for hydroxylation is 1. The standard InChI is InChI=1S/C19H16N6O3S/c1-24-16-12(17-18(24)22-14(29-17)6-15(26)28-2)8-21-25(19(16)27)9-10-4-3-5-13-11(10)7-20-23-13/h3-5,7-8H,6,9H2,1-2H3,(H,20,23). The Hall–Kier alpha value is -3.53. The molecule has 1 aromatic carbocycles. The fourth-order valence-electron chi connectivity index (χ4n) is 3.55. The Bertz CT molecular complexity index is 1460. The average Bonchev–Trinajstić information content (AvgIpc) is 3.41. The third-order valence-corrected chi connectivity index (χ3v) is 6.07. The number of thiazole rings is 1. The number of hydrogen-bond donors (Lipinski definition) is 1. The molecule has 4 heterocycles. The summed E-state index contributed by atoms with van der Waals surface area (Å²) in [7, 11) is 3.15. The maximum Gasteiger partial charge on any atom is 0.312 e. The largest absolute Gasteiger partial charge is 0.469 e. The first kappa shape index (κ1) is 17.6. The number of nitrogens with zero attached hydrogens (tertiary/aromatic N) is 5. The lowest BCUT2D eigenvalue weighted by molar-refractivity contribution is -0.139. The van der Waals surface area contributed by atoms with Gasteiger partial charge in [-0.3, -0.25) is 14.7 Å². The van der Waals surface area contributed by atoms with Crippen molar-refractivity contribution in [2.24, 2.45) is 7.05 Å². The first-order valence-corrected chi connectivity index (χ1v) is 9.70. The van der Waals surface area contributed by atoms with Crippen molar-refractivity contribution in [1.29, 1.82) is 0 Å². The average molecular weight is 408 g/mol. The first-order chi connectivity index (χ1) is 14.1. The Balaban J connectivity index is 1.61. The van der Waals surface area contributed by atoms with E-state index in [1.807, 2.05) is 18.2 Å². The molecule has 0 aliphatic heterocycles. The van der Waals surface area contributed by atoms with Gasteiger partial charge in [-0.05, 0) is 11.6 Å². The Labute approximate surface area is 167 Å². The summed E-state index contributed by atoms with van der Waals surface area (Å²) in [5.74, 6) is -0.345. The molecule has 0 aliphatic rings. The van der Waals surface area contributed by atoms with Crippen molar-refractivity contribution in [2.75, 3.05) is 7.11 Å². The van der Waals surface area contributed by atoms with E-state index in [2.05, 4.69) is 20.3 Å². The number of esters is 1. The van der Waals surface area contributed by atoms with Gasteiger partial charge in [0, 0.05) is 17.8 Å². The topological polar surface area (TPSA) is 108 Å². The lowest BCUT2D eigenvalue weighted by Crippen LogP contribution is -2.24. The number of carbonyl (C=O) groups excluding carboxylic acids is 1. The van der Waals surface area contributed by atoms with Crippen molar-refractivity contribution in [3.05, 3.63) is 51.5 Å². The molecule has 0 bridgehead atoms. The number of aromatic amines is 1. The van der Waals surface area contributed by atoms with Crippen LogP contribution in [0.5, 0.6) is 0 Å². The molecule has 9 nitrogen and oxygen atoms in total. The van der Waals surface area contributed by atoms with Crippen molar-refractivity contribution in [2.45, 2.75) is 13.0 Å². The molecule has 10 heteroatoms. The van der Waals surface area contributed by atoms with Crippen LogP contribution >= 0.6 is 11.3 Å². The molecule has 0 saturated carbocycles. The summed E-state index contributed by atoms with van der Waals surface area (Å²) in [5, 5.41) is 13.7. The van der Waals surface area contributed by atoms with Crippen LogP contribution < -0.4 is 5.56 Å². The SMILES string of the molecule is COC(=O)Cc1nc2c(s1)c1cnn(Cc3cccc4[nH]ncc34)c(=O)c1n2C. The number of ether oxygens (including phenoxy) is 1. The van der Waals surface area contributed by atoms with E-state index >= 15 is 0 Å². The number of methoxy groups -OCH3 is 1. The summed E-state index contributed by atoms with van der Waals surface area (Å²) >= 11 is 1.38. The molecule has 5 rings (SSSR count). The Morgan fingerprint density at radius 1 is 1.28 bits per heavy atom. The molecule has 0 fully saturated rings. The van der Waals surface area contributed by atoms with E-state index in [9.17, 15) is 9.59 Å². The fourth-order valence-corrected chi connectivity index (χ4v) is 4.64. The van der Waals surface area contributed by atoms with Gasteiger partial charge >= 0.3 is 5.97 Å². The highest BCUT2D eigenvalue weighted by Crippen LogP contribution is 2.31. The Kier molecular flexibility index (Phi) is 3.95. The summed E-state index contributed by atoms with van der Waals surface area (Å²) < 4.78 is 8.76. The highest BCUT2D eigenvalue weighted by atomic mass is 32.1. The second-order valence-electron chi connectivity index (χ2n) is 6.69. The van der Waals surface area contributed by atoms with Gasteiger partial charge < -0.3 is 9.30 Å². The summed E-state index contributed by atoms with van der Waals surface area (Å²) in [6, 6.07) is 5.82. The highest BCUT2D eigenvalue weighted by molar-refractivity contribution is 7.19. The molecule has 146 valence electrons. The van der Waals surface area contributed by atoms with Crippen molar-refractivity contribution < 1.29 is 9.53 Å². The second kappa shape index (κ2) is 6.52. The molecule has 0 saturated heterocycles. The van der Waals surface area contributed by atoms with Crippen molar-refractivity contribution >= 4 is 49.5 Å². The first-order valence-electron chi connectivity index (χ1n) is 8.88. The minimum Gasteiger partial charge on any atom is -0.469 e. The van der Waals surface area contributed by atoms with Crippen LogP contribution in [0, 0.1) is 0 Å². The molecular formula is C19H16N6O3S. The molecule has 0 unspecified atom stereocenters. The molecule has 0 aliphatic carbocycles. The molecule has 5 aromatic rings. The zero-order chi connectivity index (χ0) is 20.1. The monoisotopic (exact) mass is 408 g/mol. The van der Waals surface area contributed by atoms with Gasteiger partial charge in [0.25, 0.3) is 5.56 Å². The number of rotatable bonds is 4. The van der Waals surface area contributed by atoms with Crippen molar-refractivity contribution in [3.63, 3.8) is 0 Å². The third kappa shape index (κ3) is 2.71. The van der Waals surface area contributed by atoms with Crippen LogP contribution in [-0.4, -0.2) is 42.6 Å². The number of hydrogen-bond acceptors (Lipinski definition) is 7. The number of H-pyrrole nitrogens is 1. The molecule has 0 radical (unpaired) electrons. The summed E-state index contributed by atoms with van der Waals surface area (Å²) in [4.78, 5) is 29.2. The molecule has 1 N–H and O–H groups in total. The molecule has 4 aromatic heterocycles. The van der Waals surface area contributed by atoms with Crippen molar-refractivity contribution in [1.82, 2.24) is 29.5 Å². The quantitative estimate of drug-likeness (QED) is 0.456. The van der Waals surface area contributed by atoms with Gasteiger partial charge in [-0.2, -0.15) is 10.2 Å². The van der Waals surface area contributed by atoms with Gasteiger partial charge in [0.05, 0.1) is 42.7 Å². The van der Waals surface area contributed by atoms with E-state index < -0.39 is 0 Å². The second-order valence-corrected chi connectivity index (χ2v) is 7.77. The molecular weight excluding hydrogens is 392 g/mol. The number of nitrogens with one attached hydrogen (secondary N) is 1. The van der Waals surface area contributed by atoms with E-state index in [4.69, 9.17) is 4.74 Å². The minimum atomic E-state index is -0.345. The highest BCUT2D eigenvalue weighted by Gasteiger charge is 2.19. The Morgan fingerprint density at radius 3 is 2.97 bits per heavy atom. The number of fused-ring (bicyclic) bond motifs is 4. The van der Waals surface area contributed by atoms with Crippen LogP contribution in [0.25, 0.3) is 32.2 Å². The summed E-state index contributed by atoms with van der Waals surface area (Å²) in [5.41, 5.74) is 2.89. The van der Waals surface area contributed by atoms with Gasteiger partial charge in [0.15, 0.2) is 5.65 Å². The normalized spacial score (nSPS) is 11.7.